The van der Waals surface area contributed by atoms with Crippen LogP contribution in [0, 0.1) is 5.92 Å². The van der Waals surface area contributed by atoms with E-state index in [0.717, 1.165) is 4.90 Å². The van der Waals surface area contributed by atoms with Crippen LogP contribution in [0.25, 0.3) is 0 Å². The number of hydrogen-bond acceptors (Lipinski definition) is 4. The molecule has 1 aliphatic carbocycles. The number of alkyl halides is 3. The van der Waals surface area contributed by atoms with Gasteiger partial charge in [-0.3, -0.25) is 9.69 Å². The molecule has 0 radical (unpaired) electrons. The standard InChI is InChI=1S/C12H14F3NO4S/c13-12(14,15)21(18,19)20-11-7-3-6-10(17)16(11)8-9-4-1-2-5-9/h1-2,7,9H,3-6,8H2. The monoisotopic (exact) mass is 325 g/mol. The largest absolute Gasteiger partial charge is 0.534 e. The number of halogens is 3. The number of carbonyl (C=O) groups is 1. The van der Waals surface area contributed by atoms with Crippen molar-refractivity contribution in [3.8, 4) is 0 Å². The van der Waals surface area contributed by atoms with Gasteiger partial charge in [0.25, 0.3) is 0 Å². The molecule has 0 fully saturated rings. The Bertz CT molecular complexity index is 572. The number of allylic oxidation sites excluding steroid dienone is 3. The van der Waals surface area contributed by atoms with Crippen molar-refractivity contribution in [1.82, 2.24) is 4.90 Å². The second-order valence-electron chi connectivity index (χ2n) is 4.88. The molecule has 0 unspecified atom stereocenters. The fourth-order valence-corrected chi connectivity index (χ4v) is 2.68. The Labute approximate surface area is 120 Å². The van der Waals surface area contributed by atoms with Gasteiger partial charge in [0.1, 0.15) is 0 Å². The van der Waals surface area contributed by atoms with E-state index in [0.29, 0.717) is 12.8 Å². The summed E-state index contributed by atoms with van der Waals surface area (Å²) in [6.45, 7) is 0.144. The summed E-state index contributed by atoms with van der Waals surface area (Å²) in [5, 5.41) is 0. The molecule has 2 aliphatic rings. The van der Waals surface area contributed by atoms with Crippen molar-refractivity contribution in [2.75, 3.05) is 6.54 Å². The summed E-state index contributed by atoms with van der Waals surface area (Å²) >= 11 is 0. The molecule has 5 nitrogen and oxygen atoms in total. The zero-order valence-corrected chi connectivity index (χ0v) is 11.8. The molecule has 1 amide bonds. The number of amides is 1. The summed E-state index contributed by atoms with van der Waals surface area (Å²) in [5.74, 6) is -0.917. The van der Waals surface area contributed by atoms with E-state index in [1.54, 1.807) is 0 Å². The molecular weight excluding hydrogens is 311 g/mol. The molecule has 0 aromatic rings. The van der Waals surface area contributed by atoms with Crippen LogP contribution in [0.4, 0.5) is 13.2 Å². The summed E-state index contributed by atoms with van der Waals surface area (Å²) in [7, 11) is -5.77. The van der Waals surface area contributed by atoms with Crippen LogP contribution in [-0.2, 0) is 19.1 Å². The smallest absolute Gasteiger partial charge is 0.357 e. The van der Waals surface area contributed by atoms with Gasteiger partial charge in [0.15, 0.2) is 0 Å². The van der Waals surface area contributed by atoms with Crippen LogP contribution in [-0.4, -0.2) is 31.3 Å². The SMILES string of the molecule is O=C1CCC=C(OS(=O)(=O)C(F)(F)F)N1CC1CC=CC1. The molecule has 0 aromatic heterocycles. The van der Waals surface area contributed by atoms with Crippen molar-refractivity contribution in [2.45, 2.75) is 31.2 Å². The van der Waals surface area contributed by atoms with E-state index < -0.39 is 27.4 Å². The van der Waals surface area contributed by atoms with Gasteiger partial charge in [-0.2, -0.15) is 21.6 Å². The van der Waals surface area contributed by atoms with Gasteiger partial charge < -0.3 is 4.18 Å². The van der Waals surface area contributed by atoms with Crippen molar-refractivity contribution < 1.29 is 30.6 Å². The molecular formula is C12H14F3NO4S. The third kappa shape index (κ3) is 3.58. The first-order valence-electron chi connectivity index (χ1n) is 6.37. The maximum Gasteiger partial charge on any atom is 0.534 e. The van der Waals surface area contributed by atoms with Crippen LogP contribution in [0.5, 0.6) is 0 Å². The lowest BCUT2D eigenvalue weighted by molar-refractivity contribution is -0.132. The highest BCUT2D eigenvalue weighted by atomic mass is 32.2. The van der Waals surface area contributed by atoms with E-state index in [1.165, 1.54) is 6.08 Å². The number of rotatable bonds is 4. The summed E-state index contributed by atoms with van der Waals surface area (Å²) in [6, 6.07) is 0. The zero-order valence-electron chi connectivity index (χ0n) is 11.0. The third-order valence-corrected chi connectivity index (χ3v) is 4.23. The first kappa shape index (κ1) is 15.9. The van der Waals surface area contributed by atoms with E-state index in [4.69, 9.17) is 0 Å². The van der Waals surface area contributed by atoms with Crippen LogP contribution >= 0.6 is 0 Å². The van der Waals surface area contributed by atoms with Crippen molar-refractivity contribution in [1.29, 1.82) is 0 Å². The number of nitrogens with zero attached hydrogens (tertiary/aromatic N) is 1. The molecule has 2 rings (SSSR count). The number of hydrogen-bond donors (Lipinski definition) is 0. The lowest BCUT2D eigenvalue weighted by Crippen LogP contribution is -2.39. The molecule has 0 saturated heterocycles. The normalized spacial score (nSPS) is 20.8. The Morgan fingerprint density at radius 2 is 1.90 bits per heavy atom. The van der Waals surface area contributed by atoms with Crippen LogP contribution in [0.2, 0.25) is 0 Å². The van der Waals surface area contributed by atoms with E-state index >= 15 is 0 Å². The van der Waals surface area contributed by atoms with Gasteiger partial charge in [0.2, 0.25) is 11.8 Å². The predicted octanol–water partition coefficient (Wildman–Crippen LogP) is 2.28. The Hall–Kier alpha value is -1.51. The molecule has 0 bridgehead atoms. The molecule has 0 N–H and O–H groups in total. The summed E-state index contributed by atoms with van der Waals surface area (Å²) in [5.41, 5.74) is -5.52. The van der Waals surface area contributed by atoms with Crippen molar-refractivity contribution in [3.63, 3.8) is 0 Å². The quantitative estimate of drug-likeness (QED) is 0.452. The van der Waals surface area contributed by atoms with E-state index in [-0.39, 0.29) is 25.3 Å². The summed E-state index contributed by atoms with van der Waals surface area (Å²) in [4.78, 5) is 12.8. The Kier molecular flexibility index (Phi) is 4.31. The molecule has 21 heavy (non-hydrogen) atoms. The molecule has 0 saturated carbocycles. The molecule has 0 spiro atoms. The topological polar surface area (TPSA) is 63.7 Å². The van der Waals surface area contributed by atoms with Gasteiger partial charge in [0.05, 0.1) is 0 Å². The average Bonchev–Trinajstić information content (AvgIpc) is 2.84. The molecule has 0 atom stereocenters. The molecule has 1 aliphatic heterocycles. The second-order valence-corrected chi connectivity index (χ2v) is 6.42. The van der Waals surface area contributed by atoms with E-state index in [1.807, 2.05) is 12.2 Å². The predicted molar refractivity (Wildman–Crippen MR) is 67.0 cm³/mol. The van der Waals surface area contributed by atoms with Crippen LogP contribution in [0.3, 0.4) is 0 Å². The fraction of sp³-hybridized carbons (Fsp3) is 0.583. The van der Waals surface area contributed by atoms with Crippen LogP contribution < -0.4 is 0 Å². The minimum absolute atomic E-state index is 0.0626. The van der Waals surface area contributed by atoms with Crippen molar-refractivity contribution in [3.05, 3.63) is 24.1 Å². The van der Waals surface area contributed by atoms with Gasteiger partial charge in [0, 0.05) is 13.0 Å². The van der Waals surface area contributed by atoms with Crippen molar-refractivity contribution >= 4 is 16.0 Å². The zero-order chi connectivity index (χ0) is 15.7. The Morgan fingerprint density at radius 3 is 2.48 bits per heavy atom. The molecule has 1 heterocycles. The minimum Gasteiger partial charge on any atom is -0.357 e. The number of carbonyl (C=O) groups excluding carboxylic acids is 1. The highest BCUT2D eigenvalue weighted by Gasteiger charge is 2.49. The fourth-order valence-electron chi connectivity index (χ4n) is 2.20. The highest BCUT2D eigenvalue weighted by molar-refractivity contribution is 7.87. The van der Waals surface area contributed by atoms with Gasteiger partial charge in [-0.1, -0.05) is 12.2 Å². The Morgan fingerprint density at radius 1 is 1.29 bits per heavy atom. The summed E-state index contributed by atoms with van der Waals surface area (Å²) < 4.78 is 63.4. The third-order valence-electron chi connectivity index (χ3n) is 3.27. The first-order valence-corrected chi connectivity index (χ1v) is 7.78. The maximum absolute atomic E-state index is 12.4. The molecule has 118 valence electrons. The van der Waals surface area contributed by atoms with Gasteiger partial charge in [-0.25, -0.2) is 0 Å². The Balaban J connectivity index is 2.15. The maximum atomic E-state index is 12.4. The van der Waals surface area contributed by atoms with Crippen molar-refractivity contribution in [2.24, 2.45) is 5.92 Å². The first-order chi connectivity index (χ1) is 9.71. The average molecular weight is 325 g/mol. The molecule has 0 aromatic carbocycles. The summed E-state index contributed by atoms with van der Waals surface area (Å²) in [6.07, 6.45) is 6.70. The van der Waals surface area contributed by atoms with E-state index in [9.17, 15) is 26.4 Å². The molecule has 9 heteroatoms. The highest BCUT2D eigenvalue weighted by Crippen LogP contribution is 2.30. The van der Waals surface area contributed by atoms with Crippen LogP contribution in [0.1, 0.15) is 25.7 Å². The van der Waals surface area contributed by atoms with E-state index in [2.05, 4.69) is 4.18 Å². The lowest BCUT2D eigenvalue weighted by atomic mass is 10.1. The van der Waals surface area contributed by atoms with Crippen LogP contribution in [0.15, 0.2) is 24.1 Å². The van der Waals surface area contributed by atoms with Gasteiger partial charge in [-0.15, -0.1) is 0 Å². The minimum atomic E-state index is -5.77. The second kappa shape index (κ2) is 5.70. The van der Waals surface area contributed by atoms with Gasteiger partial charge >= 0.3 is 15.6 Å². The van der Waals surface area contributed by atoms with Gasteiger partial charge in [-0.05, 0) is 31.3 Å². The lowest BCUT2D eigenvalue weighted by Gasteiger charge is -2.29.